The lowest BCUT2D eigenvalue weighted by atomic mass is 10.1. The van der Waals surface area contributed by atoms with E-state index >= 15 is 0 Å². The normalized spacial score (nSPS) is 12.1. The van der Waals surface area contributed by atoms with Crippen LogP contribution < -0.4 is 11.1 Å². The molecule has 3 N–H and O–H groups in total. The van der Waals surface area contributed by atoms with E-state index in [0.29, 0.717) is 22.4 Å². The van der Waals surface area contributed by atoms with Gasteiger partial charge in [0.25, 0.3) is 0 Å². The molecular formula is C13H15FN4OS2. The summed E-state index contributed by atoms with van der Waals surface area (Å²) in [5.41, 5.74) is 6.47. The van der Waals surface area contributed by atoms with Gasteiger partial charge in [-0.25, -0.2) is 4.39 Å². The molecule has 0 fully saturated rings. The lowest BCUT2D eigenvalue weighted by molar-refractivity contribution is -0.120. The number of carbonyl (C=O) groups excluding carboxylic acids is 1. The Morgan fingerprint density at radius 1 is 1.43 bits per heavy atom. The predicted molar refractivity (Wildman–Crippen MR) is 82.8 cm³/mol. The maximum Gasteiger partial charge on any atom is 0.233 e. The largest absolute Gasteiger partial charge is 0.374 e. The average Bonchev–Trinajstić information content (AvgIpc) is 2.86. The quantitative estimate of drug-likeness (QED) is 0.795. The van der Waals surface area contributed by atoms with Crippen molar-refractivity contribution >= 4 is 34.1 Å². The van der Waals surface area contributed by atoms with Crippen molar-refractivity contribution < 1.29 is 9.18 Å². The zero-order valence-corrected chi connectivity index (χ0v) is 13.0. The first-order valence-electron chi connectivity index (χ1n) is 6.32. The molecule has 1 amide bonds. The van der Waals surface area contributed by atoms with Crippen molar-refractivity contribution in [1.29, 1.82) is 0 Å². The van der Waals surface area contributed by atoms with Crippen molar-refractivity contribution in [2.45, 2.75) is 22.9 Å². The number of amides is 1. The minimum atomic E-state index is -0.273. The smallest absolute Gasteiger partial charge is 0.233 e. The maximum absolute atomic E-state index is 12.8. The van der Waals surface area contributed by atoms with Crippen LogP contribution in [0.25, 0.3) is 0 Å². The molecule has 112 valence electrons. The molecule has 0 aliphatic heterocycles. The van der Waals surface area contributed by atoms with Crippen molar-refractivity contribution in [2.24, 2.45) is 0 Å². The van der Waals surface area contributed by atoms with E-state index in [1.54, 1.807) is 19.1 Å². The highest BCUT2D eigenvalue weighted by Crippen LogP contribution is 2.27. The monoisotopic (exact) mass is 326 g/mol. The molecule has 0 radical (unpaired) electrons. The summed E-state index contributed by atoms with van der Waals surface area (Å²) in [6.45, 7) is 2.31. The summed E-state index contributed by atoms with van der Waals surface area (Å²) >= 11 is 2.58. The first kappa shape index (κ1) is 15.7. The fourth-order valence-electron chi connectivity index (χ4n) is 1.60. The van der Waals surface area contributed by atoms with Crippen LogP contribution in [0, 0.1) is 5.82 Å². The number of nitrogens with one attached hydrogen (secondary N) is 1. The Bertz CT molecular complexity index is 602. The minimum absolute atomic E-state index is 0.0733. The van der Waals surface area contributed by atoms with Gasteiger partial charge in [0.05, 0.1) is 5.25 Å². The Morgan fingerprint density at radius 3 is 2.76 bits per heavy atom. The highest BCUT2D eigenvalue weighted by Gasteiger charge is 2.16. The van der Waals surface area contributed by atoms with Crippen molar-refractivity contribution in [3.05, 3.63) is 35.6 Å². The Hall–Kier alpha value is -1.67. The van der Waals surface area contributed by atoms with Gasteiger partial charge in [0.1, 0.15) is 5.82 Å². The SMILES string of the molecule is C[C@H](Sc1nnc(N)s1)C(=O)NCCc1ccc(F)cc1. The first-order valence-corrected chi connectivity index (χ1v) is 8.02. The van der Waals surface area contributed by atoms with E-state index in [9.17, 15) is 9.18 Å². The zero-order valence-electron chi connectivity index (χ0n) is 11.4. The molecule has 1 heterocycles. The lowest BCUT2D eigenvalue weighted by Gasteiger charge is -2.10. The van der Waals surface area contributed by atoms with Crippen LogP contribution >= 0.6 is 23.1 Å². The third-order valence-corrected chi connectivity index (χ3v) is 4.63. The van der Waals surface area contributed by atoms with Crippen LogP contribution in [0.4, 0.5) is 9.52 Å². The summed E-state index contributed by atoms with van der Waals surface area (Å²) in [5, 5.41) is 10.5. The number of aromatic nitrogens is 2. The molecule has 1 atom stereocenters. The summed E-state index contributed by atoms with van der Waals surface area (Å²) < 4.78 is 13.4. The van der Waals surface area contributed by atoms with Crippen molar-refractivity contribution in [3.63, 3.8) is 0 Å². The van der Waals surface area contributed by atoms with E-state index in [1.807, 2.05) is 0 Å². The van der Waals surface area contributed by atoms with E-state index in [4.69, 9.17) is 5.73 Å². The number of halogens is 1. The van der Waals surface area contributed by atoms with Gasteiger partial charge in [-0.15, -0.1) is 10.2 Å². The van der Waals surface area contributed by atoms with Crippen LogP contribution in [0.15, 0.2) is 28.6 Å². The van der Waals surface area contributed by atoms with Gasteiger partial charge in [-0.1, -0.05) is 35.2 Å². The van der Waals surface area contributed by atoms with Crippen LogP contribution in [0.1, 0.15) is 12.5 Å². The molecule has 0 spiro atoms. The predicted octanol–water partition coefficient (Wildman–Crippen LogP) is 2.10. The number of benzene rings is 1. The second-order valence-electron chi connectivity index (χ2n) is 4.33. The standard InChI is InChI=1S/C13H15FN4OS2/c1-8(20-13-18-17-12(15)21-13)11(19)16-7-6-9-2-4-10(14)5-3-9/h2-5,8H,6-7H2,1H3,(H2,15,17)(H,16,19)/t8-/m0/s1. The number of hydrogen-bond donors (Lipinski definition) is 2. The molecule has 0 bridgehead atoms. The molecule has 0 aliphatic carbocycles. The molecule has 8 heteroatoms. The molecule has 0 saturated heterocycles. The number of thioether (sulfide) groups is 1. The molecule has 2 rings (SSSR count). The van der Waals surface area contributed by atoms with Crippen molar-refractivity contribution in [1.82, 2.24) is 15.5 Å². The molecule has 5 nitrogen and oxygen atoms in total. The molecule has 1 aromatic carbocycles. The van der Waals surface area contributed by atoms with Gasteiger partial charge in [0.15, 0.2) is 4.34 Å². The summed E-state index contributed by atoms with van der Waals surface area (Å²) in [6.07, 6.45) is 0.662. The Balaban J connectivity index is 1.74. The molecular weight excluding hydrogens is 311 g/mol. The summed E-state index contributed by atoms with van der Waals surface area (Å²) in [7, 11) is 0. The van der Waals surface area contributed by atoms with Crippen LogP contribution in [0.2, 0.25) is 0 Å². The highest BCUT2D eigenvalue weighted by molar-refractivity contribution is 8.02. The second kappa shape index (κ2) is 7.37. The van der Waals surface area contributed by atoms with Gasteiger partial charge in [0.2, 0.25) is 11.0 Å². The third kappa shape index (κ3) is 4.98. The van der Waals surface area contributed by atoms with Gasteiger partial charge >= 0.3 is 0 Å². The lowest BCUT2D eigenvalue weighted by Crippen LogP contribution is -2.32. The van der Waals surface area contributed by atoms with Crippen LogP contribution in [0.5, 0.6) is 0 Å². The van der Waals surface area contributed by atoms with Gasteiger partial charge in [-0.3, -0.25) is 4.79 Å². The Morgan fingerprint density at radius 2 is 2.14 bits per heavy atom. The first-order chi connectivity index (χ1) is 10.0. The van der Waals surface area contributed by atoms with E-state index in [2.05, 4.69) is 15.5 Å². The third-order valence-electron chi connectivity index (χ3n) is 2.70. The summed E-state index contributed by atoms with van der Waals surface area (Å²) in [4.78, 5) is 11.9. The highest BCUT2D eigenvalue weighted by atomic mass is 32.2. The number of nitrogen functional groups attached to an aromatic ring is 1. The summed E-state index contributed by atoms with van der Waals surface area (Å²) in [6, 6.07) is 6.25. The number of rotatable bonds is 6. The number of nitrogens with two attached hydrogens (primary N) is 1. The van der Waals surface area contributed by atoms with Crippen LogP contribution in [-0.4, -0.2) is 27.9 Å². The Labute approximate surface area is 130 Å². The average molecular weight is 326 g/mol. The molecule has 21 heavy (non-hydrogen) atoms. The maximum atomic E-state index is 12.8. The van der Waals surface area contributed by atoms with Gasteiger partial charge in [-0.05, 0) is 31.0 Å². The van der Waals surface area contributed by atoms with Gasteiger partial charge in [0, 0.05) is 6.54 Å². The molecule has 1 aromatic heterocycles. The minimum Gasteiger partial charge on any atom is -0.374 e. The molecule has 0 saturated carbocycles. The zero-order chi connectivity index (χ0) is 15.2. The number of carbonyl (C=O) groups is 1. The topological polar surface area (TPSA) is 80.9 Å². The van der Waals surface area contributed by atoms with Gasteiger partial charge in [-0.2, -0.15) is 0 Å². The van der Waals surface area contributed by atoms with Gasteiger partial charge < -0.3 is 11.1 Å². The van der Waals surface area contributed by atoms with Crippen LogP contribution in [0.3, 0.4) is 0 Å². The second-order valence-corrected chi connectivity index (χ2v) is 6.93. The van der Waals surface area contributed by atoms with E-state index in [0.717, 1.165) is 5.56 Å². The number of nitrogens with zero attached hydrogens (tertiary/aromatic N) is 2. The number of hydrogen-bond acceptors (Lipinski definition) is 6. The van der Waals surface area contributed by atoms with E-state index < -0.39 is 0 Å². The summed E-state index contributed by atoms with van der Waals surface area (Å²) in [5.74, 6) is -0.333. The van der Waals surface area contributed by atoms with Crippen LogP contribution in [-0.2, 0) is 11.2 Å². The fraction of sp³-hybridized carbons (Fsp3) is 0.308. The molecule has 0 aliphatic rings. The van der Waals surface area contributed by atoms with E-state index in [1.165, 1.54) is 35.2 Å². The van der Waals surface area contributed by atoms with Crippen molar-refractivity contribution in [3.8, 4) is 0 Å². The Kier molecular flexibility index (Phi) is 5.51. The van der Waals surface area contributed by atoms with Crippen molar-refractivity contribution in [2.75, 3.05) is 12.3 Å². The van der Waals surface area contributed by atoms with E-state index in [-0.39, 0.29) is 17.0 Å². The molecule has 2 aromatic rings. The molecule has 0 unspecified atom stereocenters. The fourth-order valence-corrected chi connectivity index (χ4v) is 3.40. The number of anilines is 1.